The van der Waals surface area contributed by atoms with Crippen LogP contribution in [0.4, 0.5) is 4.39 Å². The second kappa shape index (κ2) is 6.75. The maximum atomic E-state index is 13.1. The second-order valence-electron chi connectivity index (χ2n) is 7.52. The van der Waals surface area contributed by atoms with Gasteiger partial charge in [0, 0.05) is 0 Å². The number of rotatable bonds is 4. The van der Waals surface area contributed by atoms with Gasteiger partial charge in [0.05, 0.1) is 17.5 Å². The Balaban J connectivity index is 1.55. The van der Waals surface area contributed by atoms with E-state index >= 15 is 0 Å². The normalized spacial score (nSPS) is 25.2. The molecule has 0 bridgehead atoms. The quantitative estimate of drug-likeness (QED) is 0.827. The van der Waals surface area contributed by atoms with Crippen LogP contribution in [0.15, 0.2) is 53.5 Å². The number of hydrogen-bond donors (Lipinski definition) is 1. The zero-order chi connectivity index (χ0) is 19.9. The molecule has 6 heteroatoms. The molecular weight excluding hydrogens is 373 g/mol. The van der Waals surface area contributed by atoms with E-state index in [0.717, 1.165) is 29.5 Å². The predicted octanol–water partition coefficient (Wildman–Crippen LogP) is 4.58. The fourth-order valence-electron chi connectivity index (χ4n) is 3.42. The Bertz CT molecular complexity index is 990. The number of benzene rings is 2. The summed E-state index contributed by atoms with van der Waals surface area (Å²) in [7, 11) is 0. The van der Waals surface area contributed by atoms with Gasteiger partial charge in [0.2, 0.25) is 5.91 Å². The van der Waals surface area contributed by atoms with E-state index in [9.17, 15) is 14.4 Å². The van der Waals surface area contributed by atoms with Gasteiger partial charge in [-0.05, 0) is 55.5 Å². The van der Waals surface area contributed by atoms with Gasteiger partial charge in [0.15, 0.2) is 5.17 Å². The van der Waals surface area contributed by atoms with E-state index in [2.05, 4.69) is 16.4 Å². The molecule has 0 radical (unpaired) electrons. The van der Waals surface area contributed by atoms with E-state index in [0.29, 0.717) is 5.17 Å². The maximum absolute atomic E-state index is 13.1. The van der Waals surface area contributed by atoms with Crippen LogP contribution in [-0.4, -0.2) is 11.1 Å². The molecule has 1 unspecified atom stereocenters. The van der Waals surface area contributed by atoms with Crippen molar-refractivity contribution < 1.29 is 9.18 Å². The summed E-state index contributed by atoms with van der Waals surface area (Å²) >= 11 is 1.39. The zero-order valence-corrected chi connectivity index (χ0v) is 16.5. The smallest absolute Gasteiger partial charge is 0.246 e. The van der Waals surface area contributed by atoms with Crippen LogP contribution in [0.25, 0.3) is 0 Å². The summed E-state index contributed by atoms with van der Waals surface area (Å²) in [6.07, 6.45) is 1.79. The van der Waals surface area contributed by atoms with Crippen LogP contribution in [-0.2, 0) is 15.0 Å². The largest absolute Gasteiger partial charge is 0.304 e. The lowest BCUT2D eigenvalue weighted by Crippen LogP contribution is -2.31. The maximum Gasteiger partial charge on any atom is 0.246 e. The van der Waals surface area contributed by atoms with E-state index in [4.69, 9.17) is 0 Å². The van der Waals surface area contributed by atoms with Gasteiger partial charge in [-0.1, -0.05) is 48.2 Å². The molecule has 1 amide bonds. The number of aliphatic imine (C=N–C) groups is 1. The predicted molar refractivity (Wildman–Crippen MR) is 108 cm³/mol. The highest BCUT2D eigenvalue weighted by molar-refractivity contribution is 8.15. The van der Waals surface area contributed by atoms with Crippen molar-refractivity contribution in [2.24, 2.45) is 4.99 Å². The molecule has 28 heavy (non-hydrogen) atoms. The van der Waals surface area contributed by atoms with Gasteiger partial charge in [0.25, 0.3) is 0 Å². The summed E-state index contributed by atoms with van der Waals surface area (Å²) in [5.41, 5.74) is 2.45. The number of carbonyl (C=O) groups excluding carboxylic acids is 1. The molecule has 2 aromatic rings. The van der Waals surface area contributed by atoms with Gasteiger partial charge < -0.3 is 5.32 Å². The molecule has 1 saturated heterocycles. The van der Waals surface area contributed by atoms with Crippen molar-refractivity contribution >= 4 is 22.8 Å². The van der Waals surface area contributed by atoms with Crippen molar-refractivity contribution in [3.63, 3.8) is 0 Å². The molecule has 2 atom stereocenters. The minimum atomic E-state index is -0.775. The summed E-state index contributed by atoms with van der Waals surface area (Å²) in [6, 6.07) is 16.2. The fourth-order valence-corrected chi connectivity index (χ4v) is 4.56. The van der Waals surface area contributed by atoms with E-state index in [1.165, 1.54) is 23.9 Å². The SMILES string of the molecule is C[C@H](N=C1NC(=O)C(C)(c2ccc(C3(C#N)CC3)cc2)S1)c1ccc(F)cc1. The first-order chi connectivity index (χ1) is 13.4. The first-order valence-electron chi connectivity index (χ1n) is 9.22. The Morgan fingerprint density at radius 3 is 2.32 bits per heavy atom. The van der Waals surface area contributed by atoms with Crippen LogP contribution in [0.5, 0.6) is 0 Å². The fraction of sp³-hybridized carbons (Fsp3) is 0.318. The summed E-state index contributed by atoms with van der Waals surface area (Å²) in [6.45, 7) is 3.79. The van der Waals surface area contributed by atoms with E-state index in [-0.39, 0.29) is 23.2 Å². The number of hydrogen-bond acceptors (Lipinski definition) is 4. The standard InChI is InChI=1S/C22H20FN3OS/c1-14(15-3-9-18(23)10-4-15)25-20-26-19(27)21(2,28-20)16-5-7-17(8-6-16)22(13-24)11-12-22/h3-10,14H,11-12H2,1-2H3,(H,25,26,27)/t14-,21?/m0/s1. The third-order valence-corrected chi connectivity index (χ3v) is 6.80. The highest BCUT2D eigenvalue weighted by atomic mass is 32.2. The summed E-state index contributed by atoms with van der Waals surface area (Å²) in [5, 5.41) is 12.8. The average Bonchev–Trinajstić information content (AvgIpc) is 3.44. The number of nitrogens with zero attached hydrogens (tertiary/aromatic N) is 2. The molecule has 142 valence electrons. The van der Waals surface area contributed by atoms with Crippen LogP contribution >= 0.6 is 11.8 Å². The third-order valence-electron chi connectivity index (χ3n) is 5.57. The monoisotopic (exact) mass is 393 g/mol. The van der Waals surface area contributed by atoms with Crippen LogP contribution in [0.1, 0.15) is 49.4 Å². The highest BCUT2D eigenvalue weighted by Gasteiger charge is 2.47. The molecule has 2 aliphatic rings. The Hall–Kier alpha value is -2.65. The minimum absolute atomic E-state index is 0.114. The van der Waals surface area contributed by atoms with Crippen molar-refractivity contribution in [3.05, 3.63) is 71.0 Å². The van der Waals surface area contributed by atoms with Gasteiger partial charge in [-0.2, -0.15) is 5.26 Å². The Morgan fingerprint density at radius 2 is 1.75 bits per heavy atom. The van der Waals surface area contributed by atoms with Crippen molar-refractivity contribution in [3.8, 4) is 6.07 Å². The minimum Gasteiger partial charge on any atom is -0.304 e. The topological polar surface area (TPSA) is 65.2 Å². The molecule has 1 heterocycles. The zero-order valence-electron chi connectivity index (χ0n) is 15.7. The molecule has 2 fully saturated rings. The van der Waals surface area contributed by atoms with Crippen LogP contribution < -0.4 is 5.32 Å². The molecule has 1 saturated carbocycles. The van der Waals surface area contributed by atoms with Crippen molar-refractivity contribution in [1.82, 2.24) is 5.32 Å². The van der Waals surface area contributed by atoms with Gasteiger partial charge >= 0.3 is 0 Å². The van der Waals surface area contributed by atoms with Crippen molar-refractivity contribution in [1.29, 1.82) is 5.26 Å². The molecule has 4 nitrogen and oxygen atoms in total. The molecular formula is C22H20FN3OS. The summed E-state index contributed by atoms with van der Waals surface area (Å²) < 4.78 is 12.3. The lowest BCUT2D eigenvalue weighted by Gasteiger charge is -2.20. The molecule has 4 rings (SSSR count). The average molecular weight is 393 g/mol. The number of amides is 1. The Morgan fingerprint density at radius 1 is 1.14 bits per heavy atom. The molecule has 0 aromatic heterocycles. The number of amidine groups is 1. The lowest BCUT2D eigenvalue weighted by molar-refractivity contribution is -0.121. The number of nitrogens with one attached hydrogen (secondary N) is 1. The van der Waals surface area contributed by atoms with Gasteiger partial charge in [-0.15, -0.1) is 0 Å². The number of carbonyl (C=O) groups is 1. The van der Waals surface area contributed by atoms with E-state index in [1.54, 1.807) is 12.1 Å². The summed E-state index contributed by atoms with van der Waals surface area (Å²) in [4.78, 5) is 17.3. The van der Waals surface area contributed by atoms with Gasteiger partial charge in [0.1, 0.15) is 10.6 Å². The summed E-state index contributed by atoms with van der Waals surface area (Å²) in [5.74, 6) is -0.399. The van der Waals surface area contributed by atoms with Gasteiger partial charge in [-0.25, -0.2) is 4.39 Å². The molecule has 1 aliphatic carbocycles. The van der Waals surface area contributed by atoms with Crippen molar-refractivity contribution in [2.75, 3.05) is 0 Å². The molecule has 0 spiro atoms. The number of nitriles is 1. The second-order valence-corrected chi connectivity index (χ2v) is 8.93. The van der Waals surface area contributed by atoms with Crippen molar-refractivity contribution in [2.45, 2.75) is 42.9 Å². The highest BCUT2D eigenvalue weighted by Crippen LogP contribution is 2.48. The van der Waals surface area contributed by atoms with E-state index < -0.39 is 4.75 Å². The lowest BCUT2D eigenvalue weighted by atomic mass is 9.93. The Labute approximate surface area is 167 Å². The van der Waals surface area contributed by atoms with Crippen LogP contribution in [0, 0.1) is 17.1 Å². The van der Waals surface area contributed by atoms with E-state index in [1.807, 2.05) is 38.1 Å². The first-order valence-corrected chi connectivity index (χ1v) is 10.0. The van der Waals surface area contributed by atoms with Crippen LogP contribution in [0.3, 0.4) is 0 Å². The molecule has 1 aliphatic heterocycles. The number of thioether (sulfide) groups is 1. The third kappa shape index (κ3) is 3.20. The Kier molecular flexibility index (Phi) is 4.51. The number of halogens is 1. The molecule has 1 N–H and O–H groups in total. The van der Waals surface area contributed by atoms with Crippen LogP contribution in [0.2, 0.25) is 0 Å². The first kappa shape index (κ1) is 18.7. The molecule has 2 aromatic carbocycles. The van der Waals surface area contributed by atoms with Gasteiger partial charge in [-0.3, -0.25) is 9.79 Å².